The number of hydrogen-bond acceptors (Lipinski definition) is 3. The van der Waals surface area contributed by atoms with E-state index in [1.807, 2.05) is 36.4 Å². The van der Waals surface area contributed by atoms with E-state index >= 15 is 0 Å². The summed E-state index contributed by atoms with van der Waals surface area (Å²) in [5, 5.41) is 25.2. The molecule has 4 nitrogen and oxygen atoms in total. The van der Waals surface area contributed by atoms with Crippen molar-refractivity contribution < 1.29 is 15.0 Å². The molecule has 1 N–H and O–H groups in total. The number of rotatable bonds is 3. The molecule has 126 valence electrons. The van der Waals surface area contributed by atoms with Crippen LogP contribution in [0.25, 0.3) is 21.5 Å². The summed E-state index contributed by atoms with van der Waals surface area (Å²) < 4.78 is 0. The summed E-state index contributed by atoms with van der Waals surface area (Å²) in [5.74, 6) is -1.78. The van der Waals surface area contributed by atoms with E-state index in [0.29, 0.717) is 5.69 Å². The number of carboxylic acids is 1. The third-order valence-electron chi connectivity index (χ3n) is 4.35. The van der Waals surface area contributed by atoms with E-state index in [2.05, 4.69) is 23.2 Å². The average Bonchev–Trinajstić information content (AvgIpc) is 2.65. The van der Waals surface area contributed by atoms with Gasteiger partial charge in [-0.25, -0.2) is 4.79 Å². The molecule has 4 aromatic rings. The lowest BCUT2D eigenvalue weighted by Crippen LogP contribution is -2.02. The van der Waals surface area contributed by atoms with Crippen molar-refractivity contribution >= 4 is 39.4 Å². The highest BCUT2D eigenvalue weighted by molar-refractivity contribution is 6.13. The van der Waals surface area contributed by atoms with Gasteiger partial charge in [0.2, 0.25) is 0 Å². The van der Waals surface area contributed by atoms with Gasteiger partial charge in [0, 0.05) is 11.8 Å². The van der Waals surface area contributed by atoms with Crippen molar-refractivity contribution in [2.45, 2.75) is 0 Å². The number of hydrogen-bond donors (Lipinski definition) is 1. The van der Waals surface area contributed by atoms with Gasteiger partial charge < -0.3 is 10.2 Å². The van der Waals surface area contributed by atoms with Gasteiger partial charge in [-0.3, -0.25) is 4.99 Å². The Morgan fingerprint density at radius 1 is 0.885 bits per heavy atom. The maximum absolute atomic E-state index is 11.9. The van der Waals surface area contributed by atoms with E-state index in [0.717, 1.165) is 27.1 Å². The van der Waals surface area contributed by atoms with Gasteiger partial charge in [-0.05, 0) is 45.8 Å². The van der Waals surface area contributed by atoms with Gasteiger partial charge >= 0.3 is 5.97 Å². The first kappa shape index (κ1) is 15.8. The van der Waals surface area contributed by atoms with E-state index < -0.39 is 11.7 Å². The monoisotopic (exact) mass is 340 g/mol. The van der Waals surface area contributed by atoms with E-state index in [1.54, 1.807) is 6.21 Å². The molecule has 0 aromatic heterocycles. The SMILES string of the molecule is O=C(O)c1ccc(N=Cc2c3ccccc3cc3ccccc23)cc1[O-]. The summed E-state index contributed by atoms with van der Waals surface area (Å²) in [6.45, 7) is 0. The Bertz CT molecular complexity index is 1120. The van der Waals surface area contributed by atoms with Gasteiger partial charge in [0.15, 0.2) is 0 Å². The van der Waals surface area contributed by atoms with Gasteiger partial charge in [0.25, 0.3) is 0 Å². The molecule has 0 aliphatic rings. The van der Waals surface area contributed by atoms with Gasteiger partial charge in [0.1, 0.15) is 0 Å². The predicted molar refractivity (Wildman–Crippen MR) is 102 cm³/mol. The highest BCUT2D eigenvalue weighted by atomic mass is 16.4. The zero-order chi connectivity index (χ0) is 18.1. The number of benzene rings is 4. The molecule has 0 bridgehead atoms. The molecule has 0 saturated carbocycles. The largest absolute Gasteiger partial charge is 0.872 e. The molecule has 4 aromatic carbocycles. The molecule has 0 spiro atoms. The molecule has 0 aliphatic carbocycles. The van der Waals surface area contributed by atoms with Crippen LogP contribution in [-0.4, -0.2) is 17.3 Å². The Labute approximate surface area is 149 Å². The van der Waals surface area contributed by atoms with Crippen molar-refractivity contribution in [3.05, 3.63) is 83.9 Å². The van der Waals surface area contributed by atoms with Crippen molar-refractivity contribution in [3.8, 4) is 5.75 Å². The number of carboxylic acid groups (broad SMARTS) is 1. The highest BCUT2D eigenvalue weighted by Gasteiger charge is 2.06. The van der Waals surface area contributed by atoms with Gasteiger partial charge in [-0.1, -0.05) is 54.3 Å². The maximum atomic E-state index is 11.9. The molecular weight excluding hydrogens is 326 g/mol. The summed E-state index contributed by atoms with van der Waals surface area (Å²) in [6, 6.07) is 22.3. The van der Waals surface area contributed by atoms with Crippen LogP contribution in [-0.2, 0) is 0 Å². The van der Waals surface area contributed by atoms with Crippen LogP contribution in [0.3, 0.4) is 0 Å². The highest BCUT2D eigenvalue weighted by Crippen LogP contribution is 2.28. The maximum Gasteiger partial charge on any atom is 0.335 e. The molecule has 0 fully saturated rings. The zero-order valence-electron chi connectivity index (χ0n) is 13.7. The standard InChI is InChI=1S/C22H15NO3/c24-21-12-16(9-10-19(21)22(25)26)23-13-20-17-7-3-1-5-14(17)11-15-6-2-4-8-18(15)20/h1-13,24H,(H,25,26)/p-1. The van der Waals surface area contributed by atoms with Gasteiger partial charge in [-0.15, -0.1) is 0 Å². The normalized spacial score (nSPS) is 11.4. The van der Waals surface area contributed by atoms with Crippen molar-refractivity contribution in [3.63, 3.8) is 0 Å². The first-order valence-corrected chi connectivity index (χ1v) is 8.12. The Kier molecular flexibility index (Phi) is 3.86. The molecule has 0 aliphatic heterocycles. The summed E-state index contributed by atoms with van der Waals surface area (Å²) in [5.41, 5.74) is 1.14. The van der Waals surface area contributed by atoms with Crippen LogP contribution >= 0.6 is 0 Å². The Balaban J connectivity index is 1.87. The quantitative estimate of drug-likeness (QED) is 0.440. The first-order valence-electron chi connectivity index (χ1n) is 8.12. The molecular formula is C22H14NO3-. The number of carbonyl (C=O) groups is 1. The van der Waals surface area contributed by atoms with Crippen molar-refractivity contribution in [2.24, 2.45) is 4.99 Å². The fraction of sp³-hybridized carbons (Fsp3) is 0. The Morgan fingerprint density at radius 2 is 1.50 bits per heavy atom. The first-order chi connectivity index (χ1) is 12.6. The van der Waals surface area contributed by atoms with E-state index in [-0.39, 0.29) is 5.56 Å². The Hall–Kier alpha value is -3.66. The molecule has 0 atom stereocenters. The van der Waals surface area contributed by atoms with Crippen LogP contribution in [0.2, 0.25) is 0 Å². The average molecular weight is 340 g/mol. The molecule has 26 heavy (non-hydrogen) atoms. The van der Waals surface area contributed by atoms with E-state index in [9.17, 15) is 9.90 Å². The summed E-state index contributed by atoms with van der Waals surface area (Å²) >= 11 is 0. The number of aliphatic imine (C=N–C) groups is 1. The van der Waals surface area contributed by atoms with Crippen molar-refractivity contribution in [1.82, 2.24) is 0 Å². The van der Waals surface area contributed by atoms with E-state index in [4.69, 9.17) is 5.11 Å². The number of aromatic carboxylic acids is 1. The summed E-state index contributed by atoms with van der Waals surface area (Å²) in [6.07, 6.45) is 1.74. The third kappa shape index (κ3) is 2.78. The molecule has 4 heteroatoms. The second kappa shape index (κ2) is 6.33. The molecule has 0 unspecified atom stereocenters. The minimum atomic E-state index is -1.23. The smallest absolute Gasteiger partial charge is 0.335 e. The van der Waals surface area contributed by atoms with Crippen LogP contribution in [0, 0.1) is 0 Å². The second-order valence-corrected chi connectivity index (χ2v) is 5.98. The zero-order valence-corrected chi connectivity index (χ0v) is 13.7. The molecule has 0 heterocycles. The number of nitrogens with zero attached hydrogens (tertiary/aromatic N) is 1. The predicted octanol–water partition coefficient (Wildman–Crippen LogP) is 4.52. The Morgan fingerprint density at radius 3 is 2.08 bits per heavy atom. The van der Waals surface area contributed by atoms with Crippen LogP contribution < -0.4 is 5.11 Å². The minimum absolute atomic E-state index is 0.250. The molecule has 4 rings (SSSR count). The number of fused-ring (bicyclic) bond motifs is 2. The van der Waals surface area contributed by atoms with E-state index in [1.165, 1.54) is 18.2 Å². The third-order valence-corrected chi connectivity index (χ3v) is 4.35. The lowest BCUT2D eigenvalue weighted by molar-refractivity contribution is -0.268. The van der Waals surface area contributed by atoms with Crippen LogP contribution in [0.15, 0.2) is 77.8 Å². The summed E-state index contributed by atoms with van der Waals surface area (Å²) in [7, 11) is 0. The fourth-order valence-corrected chi connectivity index (χ4v) is 3.10. The van der Waals surface area contributed by atoms with Crippen molar-refractivity contribution in [2.75, 3.05) is 0 Å². The lowest BCUT2D eigenvalue weighted by atomic mass is 9.97. The molecule has 0 amide bonds. The van der Waals surface area contributed by atoms with Gasteiger partial charge in [-0.2, -0.15) is 0 Å². The molecule has 0 saturated heterocycles. The van der Waals surface area contributed by atoms with Crippen LogP contribution in [0.1, 0.15) is 15.9 Å². The molecule has 0 radical (unpaired) electrons. The lowest BCUT2D eigenvalue weighted by Gasteiger charge is -2.10. The van der Waals surface area contributed by atoms with Gasteiger partial charge in [0.05, 0.1) is 11.3 Å². The second-order valence-electron chi connectivity index (χ2n) is 5.98. The minimum Gasteiger partial charge on any atom is -0.872 e. The van der Waals surface area contributed by atoms with Crippen molar-refractivity contribution in [1.29, 1.82) is 0 Å². The van der Waals surface area contributed by atoms with Crippen LogP contribution in [0.4, 0.5) is 5.69 Å². The topological polar surface area (TPSA) is 72.7 Å². The fourth-order valence-electron chi connectivity index (χ4n) is 3.10. The van der Waals surface area contributed by atoms with Crippen LogP contribution in [0.5, 0.6) is 5.75 Å². The summed E-state index contributed by atoms with van der Waals surface area (Å²) in [4.78, 5) is 15.4.